The van der Waals surface area contributed by atoms with Gasteiger partial charge in [0.05, 0.1) is 12.2 Å². The van der Waals surface area contributed by atoms with E-state index in [4.69, 9.17) is 4.74 Å². The number of hydrogen-bond acceptors (Lipinski definition) is 3. The van der Waals surface area contributed by atoms with E-state index in [9.17, 15) is 9.90 Å². The van der Waals surface area contributed by atoms with Crippen molar-refractivity contribution in [2.24, 2.45) is 5.92 Å². The molecule has 0 unspecified atom stereocenters. The summed E-state index contributed by atoms with van der Waals surface area (Å²) < 4.78 is 6.33. The topological polar surface area (TPSA) is 58.6 Å². The standard InChI is InChI=1S/C18H25NO3/c1-10-7-13(8-11(2)18(10)21)17-9-15(19-12(3)20)14-5-4-6-16(14)22-17/h7-8,14-17,21H,4-6,9H2,1-3H3,(H,19,20)/t14-,15+,16+,17+/m0/s1. The van der Waals surface area contributed by atoms with Gasteiger partial charge in [0.15, 0.2) is 0 Å². The summed E-state index contributed by atoms with van der Waals surface area (Å²) in [5, 5.41) is 13.1. The fourth-order valence-corrected chi connectivity index (χ4v) is 4.07. The largest absolute Gasteiger partial charge is 0.507 e. The Morgan fingerprint density at radius 3 is 2.59 bits per heavy atom. The van der Waals surface area contributed by atoms with Gasteiger partial charge in [-0.25, -0.2) is 0 Å². The average molecular weight is 303 g/mol. The van der Waals surface area contributed by atoms with Crippen molar-refractivity contribution in [1.82, 2.24) is 5.32 Å². The van der Waals surface area contributed by atoms with Crippen molar-refractivity contribution >= 4 is 5.91 Å². The molecule has 1 aliphatic carbocycles. The van der Waals surface area contributed by atoms with Gasteiger partial charge in [0, 0.05) is 18.9 Å². The monoisotopic (exact) mass is 303 g/mol. The van der Waals surface area contributed by atoms with Crippen LogP contribution in [0, 0.1) is 19.8 Å². The maximum Gasteiger partial charge on any atom is 0.217 e. The van der Waals surface area contributed by atoms with Crippen molar-refractivity contribution in [3.8, 4) is 5.75 Å². The first-order valence-corrected chi connectivity index (χ1v) is 8.18. The van der Waals surface area contributed by atoms with Crippen LogP contribution in [0.2, 0.25) is 0 Å². The minimum atomic E-state index is -0.00537. The van der Waals surface area contributed by atoms with Gasteiger partial charge in [0.1, 0.15) is 5.75 Å². The number of ether oxygens (including phenoxy) is 1. The van der Waals surface area contributed by atoms with Crippen LogP contribution in [0.1, 0.15) is 55.4 Å². The summed E-state index contributed by atoms with van der Waals surface area (Å²) in [5.41, 5.74) is 2.86. The Hall–Kier alpha value is -1.55. The molecule has 2 N–H and O–H groups in total. The number of phenolic OH excluding ortho intramolecular Hbond substituents is 1. The minimum Gasteiger partial charge on any atom is -0.507 e. The molecule has 0 spiro atoms. The lowest BCUT2D eigenvalue weighted by atomic mass is 9.85. The molecule has 1 aromatic rings. The van der Waals surface area contributed by atoms with E-state index in [0.717, 1.165) is 36.0 Å². The fourth-order valence-electron chi connectivity index (χ4n) is 4.07. The summed E-state index contributed by atoms with van der Waals surface area (Å²) in [5.74, 6) is 0.838. The third kappa shape index (κ3) is 2.84. The Morgan fingerprint density at radius 1 is 1.27 bits per heavy atom. The predicted octanol–water partition coefficient (Wildman–Crippen LogP) is 3.14. The lowest BCUT2D eigenvalue weighted by Crippen LogP contribution is -2.47. The number of carbonyl (C=O) groups excluding carboxylic acids is 1. The van der Waals surface area contributed by atoms with Crippen LogP contribution >= 0.6 is 0 Å². The first-order valence-electron chi connectivity index (χ1n) is 8.18. The molecule has 2 fully saturated rings. The van der Waals surface area contributed by atoms with Crippen LogP contribution in [0.3, 0.4) is 0 Å². The molecule has 0 aromatic heterocycles. The van der Waals surface area contributed by atoms with Gasteiger partial charge in [-0.15, -0.1) is 0 Å². The summed E-state index contributed by atoms with van der Waals surface area (Å²) in [6, 6.07) is 4.21. The molecule has 1 aromatic carbocycles. The van der Waals surface area contributed by atoms with E-state index in [1.165, 1.54) is 6.42 Å². The third-order valence-electron chi connectivity index (χ3n) is 5.10. The average Bonchev–Trinajstić information content (AvgIpc) is 2.92. The van der Waals surface area contributed by atoms with Gasteiger partial charge in [0.2, 0.25) is 5.91 Å². The second-order valence-corrected chi connectivity index (χ2v) is 6.80. The minimum absolute atomic E-state index is 0.00537. The molecular weight excluding hydrogens is 278 g/mol. The number of aromatic hydroxyl groups is 1. The number of fused-ring (bicyclic) bond motifs is 1. The lowest BCUT2D eigenvalue weighted by Gasteiger charge is -2.39. The Bertz CT molecular complexity index is 561. The van der Waals surface area contributed by atoms with Crippen molar-refractivity contribution in [2.75, 3.05) is 0 Å². The van der Waals surface area contributed by atoms with Crippen molar-refractivity contribution in [3.63, 3.8) is 0 Å². The first kappa shape index (κ1) is 15.3. The second kappa shape index (κ2) is 5.92. The molecule has 120 valence electrons. The lowest BCUT2D eigenvalue weighted by molar-refractivity contribution is -0.124. The van der Waals surface area contributed by atoms with Crippen molar-refractivity contribution < 1.29 is 14.6 Å². The van der Waals surface area contributed by atoms with Crippen LogP contribution < -0.4 is 5.32 Å². The van der Waals surface area contributed by atoms with Gasteiger partial charge >= 0.3 is 0 Å². The van der Waals surface area contributed by atoms with Crippen LogP contribution in [0.25, 0.3) is 0 Å². The number of aryl methyl sites for hydroxylation is 2. The van der Waals surface area contributed by atoms with Gasteiger partial charge < -0.3 is 15.2 Å². The van der Waals surface area contributed by atoms with Crippen molar-refractivity contribution in [2.45, 2.75) is 64.7 Å². The number of carbonyl (C=O) groups is 1. The predicted molar refractivity (Wildman–Crippen MR) is 84.8 cm³/mol. The van der Waals surface area contributed by atoms with E-state index in [-0.39, 0.29) is 24.2 Å². The summed E-state index contributed by atoms with van der Waals surface area (Å²) in [6.45, 7) is 5.42. The molecule has 22 heavy (non-hydrogen) atoms. The highest BCUT2D eigenvalue weighted by Crippen LogP contribution is 2.43. The van der Waals surface area contributed by atoms with E-state index < -0.39 is 0 Å². The summed E-state index contributed by atoms with van der Waals surface area (Å²) >= 11 is 0. The van der Waals surface area contributed by atoms with E-state index in [1.807, 2.05) is 26.0 Å². The van der Waals surface area contributed by atoms with Crippen LogP contribution in [-0.4, -0.2) is 23.2 Å². The van der Waals surface area contributed by atoms with Crippen LogP contribution in [-0.2, 0) is 9.53 Å². The Morgan fingerprint density at radius 2 is 1.95 bits per heavy atom. The quantitative estimate of drug-likeness (QED) is 0.882. The molecule has 1 amide bonds. The van der Waals surface area contributed by atoms with Gasteiger partial charge in [0.25, 0.3) is 0 Å². The number of phenols is 1. The van der Waals surface area contributed by atoms with E-state index in [1.54, 1.807) is 6.92 Å². The Labute approximate surface area is 131 Å². The second-order valence-electron chi connectivity index (χ2n) is 6.80. The molecule has 4 heteroatoms. The summed E-state index contributed by atoms with van der Waals surface area (Å²) in [7, 11) is 0. The molecule has 1 aliphatic heterocycles. The number of amides is 1. The molecular formula is C18H25NO3. The molecule has 1 saturated carbocycles. The maximum absolute atomic E-state index is 11.5. The Balaban J connectivity index is 1.86. The van der Waals surface area contributed by atoms with Gasteiger partial charge in [-0.2, -0.15) is 0 Å². The van der Waals surface area contributed by atoms with Crippen molar-refractivity contribution in [3.05, 3.63) is 28.8 Å². The van der Waals surface area contributed by atoms with Gasteiger partial charge in [-0.3, -0.25) is 4.79 Å². The van der Waals surface area contributed by atoms with E-state index in [2.05, 4.69) is 5.32 Å². The SMILES string of the molecule is CC(=O)N[C@@H]1C[C@H](c2cc(C)c(O)c(C)c2)O[C@@H]2CCC[C@@H]12. The third-order valence-corrected chi connectivity index (χ3v) is 5.10. The molecule has 3 rings (SSSR count). The highest BCUT2D eigenvalue weighted by Gasteiger charge is 2.42. The zero-order valence-electron chi connectivity index (χ0n) is 13.6. The smallest absolute Gasteiger partial charge is 0.217 e. The van der Waals surface area contributed by atoms with E-state index in [0.29, 0.717) is 11.7 Å². The molecule has 4 nitrogen and oxygen atoms in total. The molecule has 1 saturated heterocycles. The number of nitrogens with one attached hydrogen (secondary N) is 1. The molecule has 0 radical (unpaired) electrons. The van der Waals surface area contributed by atoms with Crippen LogP contribution in [0.5, 0.6) is 5.75 Å². The summed E-state index contributed by atoms with van der Waals surface area (Å²) in [6.07, 6.45) is 4.43. The van der Waals surface area contributed by atoms with Gasteiger partial charge in [-0.05, 0) is 61.9 Å². The summed E-state index contributed by atoms with van der Waals surface area (Å²) in [4.78, 5) is 11.5. The number of benzene rings is 1. The molecule has 1 heterocycles. The first-order chi connectivity index (χ1) is 10.5. The Kier molecular flexibility index (Phi) is 4.13. The van der Waals surface area contributed by atoms with Crippen LogP contribution in [0.15, 0.2) is 12.1 Å². The maximum atomic E-state index is 11.5. The number of rotatable bonds is 2. The molecule has 2 aliphatic rings. The zero-order valence-corrected chi connectivity index (χ0v) is 13.6. The highest BCUT2D eigenvalue weighted by atomic mass is 16.5. The fraction of sp³-hybridized carbons (Fsp3) is 0.611. The van der Waals surface area contributed by atoms with Crippen molar-refractivity contribution in [1.29, 1.82) is 0 Å². The molecule has 0 bridgehead atoms. The van der Waals surface area contributed by atoms with E-state index >= 15 is 0 Å². The highest BCUT2D eigenvalue weighted by molar-refractivity contribution is 5.73. The van der Waals surface area contributed by atoms with Crippen LogP contribution in [0.4, 0.5) is 0 Å². The number of hydrogen-bond donors (Lipinski definition) is 2. The zero-order chi connectivity index (χ0) is 15.9. The molecule has 4 atom stereocenters. The van der Waals surface area contributed by atoms with Gasteiger partial charge in [-0.1, -0.05) is 6.42 Å². The normalized spacial score (nSPS) is 30.9.